The van der Waals surface area contributed by atoms with Crippen molar-refractivity contribution < 1.29 is 0 Å². The summed E-state index contributed by atoms with van der Waals surface area (Å²) in [4.78, 5) is 3.99. The van der Waals surface area contributed by atoms with Crippen LogP contribution < -0.4 is 0 Å². The molecule has 1 aromatic rings. The molecule has 0 aliphatic heterocycles. The van der Waals surface area contributed by atoms with Gasteiger partial charge < -0.3 is 0 Å². The van der Waals surface area contributed by atoms with Crippen LogP contribution in [0.15, 0.2) is 16.7 Å². The van der Waals surface area contributed by atoms with Gasteiger partial charge in [-0.3, -0.25) is 0 Å². The monoisotopic (exact) mass is 261 g/mol. The molecule has 0 aliphatic carbocycles. The maximum atomic E-state index is 5.88. The van der Waals surface area contributed by atoms with Crippen molar-refractivity contribution in [3.05, 3.63) is 27.5 Å². The maximum Gasteiger partial charge on any atom is 0.143 e. The summed E-state index contributed by atoms with van der Waals surface area (Å²) in [5.74, 6) is 0.690. The van der Waals surface area contributed by atoms with Gasteiger partial charge in [0.1, 0.15) is 5.15 Å². The number of hydrogen-bond acceptors (Lipinski definition) is 1. The molecule has 0 fully saturated rings. The second-order valence-corrected chi connectivity index (χ2v) is 4.44. The average molecular weight is 263 g/mol. The van der Waals surface area contributed by atoms with Gasteiger partial charge in [0.2, 0.25) is 0 Å². The molecule has 0 spiro atoms. The number of pyridine rings is 1. The zero-order valence-electron chi connectivity index (χ0n) is 7.85. The molecule has 0 aliphatic rings. The number of halogens is 2. The van der Waals surface area contributed by atoms with Gasteiger partial charge in [-0.2, -0.15) is 0 Å². The molecule has 72 valence electrons. The average Bonchev–Trinajstić information content (AvgIpc) is 2.13. The van der Waals surface area contributed by atoms with Crippen molar-refractivity contribution in [2.75, 3.05) is 0 Å². The minimum Gasteiger partial charge on any atom is -0.243 e. The van der Waals surface area contributed by atoms with E-state index in [1.54, 1.807) is 6.20 Å². The van der Waals surface area contributed by atoms with Gasteiger partial charge in [0.25, 0.3) is 0 Å². The molecule has 1 atom stereocenters. The van der Waals surface area contributed by atoms with Crippen LogP contribution in [0.2, 0.25) is 5.15 Å². The fourth-order valence-corrected chi connectivity index (χ4v) is 1.71. The molecule has 0 radical (unpaired) electrons. The molecule has 1 unspecified atom stereocenters. The van der Waals surface area contributed by atoms with Gasteiger partial charge in [-0.25, -0.2) is 4.98 Å². The summed E-state index contributed by atoms with van der Waals surface area (Å²) >= 11 is 9.33. The molecule has 3 heteroatoms. The summed E-state index contributed by atoms with van der Waals surface area (Å²) in [6, 6.07) is 2.02. The second-order valence-electron chi connectivity index (χ2n) is 3.29. The Labute approximate surface area is 92.6 Å². The van der Waals surface area contributed by atoms with Crippen molar-refractivity contribution in [1.82, 2.24) is 4.98 Å². The van der Waals surface area contributed by atoms with Crippen molar-refractivity contribution in [3.8, 4) is 0 Å². The van der Waals surface area contributed by atoms with Crippen molar-refractivity contribution in [2.45, 2.75) is 26.7 Å². The third-order valence-electron chi connectivity index (χ3n) is 2.19. The Hall–Kier alpha value is -0.0800. The highest BCUT2D eigenvalue weighted by Crippen LogP contribution is 2.26. The molecule has 1 nitrogen and oxygen atoms in total. The Morgan fingerprint density at radius 1 is 1.62 bits per heavy atom. The summed E-state index contributed by atoms with van der Waals surface area (Å²) in [5, 5.41) is 0.556. The van der Waals surface area contributed by atoms with E-state index in [2.05, 4.69) is 34.8 Å². The summed E-state index contributed by atoms with van der Waals surface area (Å²) < 4.78 is 0.942. The van der Waals surface area contributed by atoms with E-state index in [-0.39, 0.29) is 0 Å². The van der Waals surface area contributed by atoms with Gasteiger partial charge in [0.05, 0.1) is 4.47 Å². The minimum absolute atomic E-state index is 0.556. The molecule has 0 saturated heterocycles. The van der Waals surface area contributed by atoms with Gasteiger partial charge in [-0.1, -0.05) is 31.9 Å². The topological polar surface area (TPSA) is 12.9 Å². The van der Waals surface area contributed by atoms with Crippen molar-refractivity contribution in [2.24, 2.45) is 5.92 Å². The molecule has 0 amide bonds. The smallest absolute Gasteiger partial charge is 0.143 e. The lowest BCUT2D eigenvalue weighted by Crippen LogP contribution is -1.99. The van der Waals surface area contributed by atoms with E-state index in [0.29, 0.717) is 11.1 Å². The highest BCUT2D eigenvalue weighted by atomic mass is 79.9. The van der Waals surface area contributed by atoms with E-state index < -0.39 is 0 Å². The molecule has 0 N–H and O–H groups in total. The Balaban J connectivity index is 2.83. The number of rotatable bonds is 3. The molecule has 13 heavy (non-hydrogen) atoms. The fourth-order valence-electron chi connectivity index (χ4n) is 1.13. The summed E-state index contributed by atoms with van der Waals surface area (Å²) in [7, 11) is 0. The van der Waals surface area contributed by atoms with Gasteiger partial charge >= 0.3 is 0 Å². The van der Waals surface area contributed by atoms with E-state index >= 15 is 0 Å². The number of aromatic nitrogens is 1. The van der Waals surface area contributed by atoms with Crippen LogP contribution >= 0.6 is 27.5 Å². The fraction of sp³-hybridized carbons (Fsp3) is 0.500. The molecule has 1 aromatic heterocycles. The lowest BCUT2D eigenvalue weighted by molar-refractivity contribution is 0.559. The Morgan fingerprint density at radius 3 is 2.92 bits per heavy atom. The van der Waals surface area contributed by atoms with Crippen LogP contribution in [-0.4, -0.2) is 4.98 Å². The van der Waals surface area contributed by atoms with Crippen LogP contribution in [0, 0.1) is 5.92 Å². The van der Waals surface area contributed by atoms with Gasteiger partial charge in [-0.15, -0.1) is 0 Å². The second kappa shape index (κ2) is 4.97. The highest BCUT2D eigenvalue weighted by molar-refractivity contribution is 9.10. The lowest BCUT2D eigenvalue weighted by Gasteiger charge is -2.10. The van der Waals surface area contributed by atoms with E-state index in [1.807, 2.05) is 6.07 Å². The van der Waals surface area contributed by atoms with Crippen molar-refractivity contribution in [1.29, 1.82) is 0 Å². The highest BCUT2D eigenvalue weighted by Gasteiger charge is 2.07. The molecule has 0 bridgehead atoms. The summed E-state index contributed by atoms with van der Waals surface area (Å²) in [5.41, 5.74) is 1.24. The lowest BCUT2D eigenvalue weighted by atomic mass is 10.00. The first-order chi connectivity index (χ1) is 6.15. The normalized spacial score (nSPS) is 12.9. The number of hydrogen-bond donors (Lipinski definition) is 0. The third kappa shape index (κ3) is 2.96. The molecule has 0 saturated carbocycles. The van der Waals surface area contributed by atoms with E-state index in [4.69, 9.17) is 11.6 Å². The summed E-state index contributed by atoms with van der Waals surface area (Å²) in [6.45, 7) is 4.43. The standard InChI is InChI=1S/C10H13BrClN/c1-3-7(2)6-8-4-5-13-10(12)9(8)11/h4-5,7H,3,6H2,1-2H3. The van der Waals surface area contributed by atoms with Gasteiger partial charge in [-0.05, 0) is 39.9 Å². The third-order valence-corrected chi connectivity index (χ3v) is 3.59. The van der Waals surface area contributed by atoms with E-state index in [0.717, 1.165) is 10.9 Å². The van der Waals surface area contributed by atoms with Crippen molar-refractivity contribution >= 4 is 27.5 Å². The SMILES string of the molecule is CCC(C)Cc1ccnc(Cl)c1Br. The number of nitrogens with zero attached hydrogens (tertiary/aromatic N) is 1. The first kappa shape index (κ1) is 11.0. The zero-order valence-corrected chi connectivity index (χ0v) is 10.2. The Kier molecular flexibility index (Phi) is 4.20. The van der Waals surface area contributed by atoms with E-state index in [9.17, 15) is 0 Å². The van der Waals surface area contributed by atoms with Crippen LogP contribution in [0.1, 0.15) is 25.8 Å². The Morgan fingerprint density at radius 2 is 2.31 bits per heavy atom. The van der Waals surface area contributed by atoms with Crippen LogP contribution in [0.5, 0.6) is 0 Å². The van der Waals surface area contributed by atoms with Crippen LogP contribution in [0.3, 0.4) is 0 Å². The largest absolute Gasteiger partial charge is 0.243 e. The molecule has 1 rings (SSSR count). The quantitative estimate of drug-likeness (QED) is 0.748. The molecule has 0 aromatic carbocycles. The molecular formula is C10H13BrClN. The predicted octanol–water partition coefficient (Wildman–Crippen LogP) is 4.09. The van der Waals surface area contributed by atoms with Crippen LogP contribution in [-0.2, 0) is 6.42 Å². The van der Waals surface area contributed by atoms with Crippen LogP contribution in [0.4, 0.5) is 0 Å². The van der Waals surface area contributed by atoms with Crippen LogP contribution in [0.25, 0.3) is 0 Å². The summed E-state index contributed by atoms with van der Waals surface area (Å²) in [6.07, 6.45) is 4.00. The van der Waals surface area contributed by atoms with Gasteiger partial charge in [0.15, 0.2) is 0 Å². The zero-order chi connectivity index (χ0) is 9.84. The minimum atomic E-state index is 0.556. The first-order valence-corrected chi connectivity index (χ1v) is 5.61. The molecular weight excluding hydrogens is 249 g/mol. The molecule has 1 heterocycles. The van der Waals surface area contributed by atoms with E-state index in [1.165, 1.54) is 12.0 Å². The Bertz CT molecular complexity index is 288. The van der Waals surface area contributed by atoms with Crippen molar-refractivity contribution in [3.63, 3.8) is 0 Å². The maximum absolute atomic E-state index is 5.88. The predicted molar refractivity (Wildman–Crippen MR) is 60.1 cm³/mol. The van der Waals surface area contributed by atoms with Gasteiger partial charge in [0, 0.05) is 6.20 Å². The first-order valence-electron chi connectivity index (χ1n) is 4.44.